The maximum absolute atomic E-state index is 13.8. The molecule has 6 heterocycles. The second-order valence-corrected chi connectivity index (χ2v) is 33.9. The predicted molar refractivity (Wildman–Crippen MR) is 333 cm³/mol. The Bertz CT molecular complexity index is 4680. The van der Waals surface area contributed by atoms with E-state index in [0.717, 1.165) is 95.2 Å². The molecule has 9 atom stereocenters. The predicted octanol–water partition coefficient (Wildman–Crippen LogP) is 10.8. The average molecular weight is 1530 g/mol. The average Bonchev–Trinajstić information content (AvgIpc) is 1.55. The van der Waals surface area contributed by atoms with Crippen LogP contribution in [0.3, 0.4) is 0 Å². The second-order valence-electron chi connectivity index (χ2n) is 27.9. The Kier molecular flexibility index (Phi) is 19.0. The van der Waals surface area contributed by atoms with Crippen molar-refractivity contribution in [1.82, 2.24) is 35.0 Å². The van der Waals surface area contributed by atoms with Crippen molar-refractivity contribution in [2.45, 2.75) is 159 Å². The van der Waals surface area contributed by atoms with Crippen LogP contribution in [0.5, 0.6) is 17.2 Å². The number of halogens is 12. The molecule has 23 nitrogen and oxygen atoms in total. The fourth-order valence-corrected chi connectivity index (χ4v) is 15.0. The van der Waals surface area contributed by atoms with Crippen molar-refractivity contribution in [3.05, 3.63) is 118 Å². The molecule has 3 aromatic carbocycles. The van der Waals surface area contributed by atoms with Crippen LogP contribution in [0.4, 0.5) is 52.7 Å². The van der Waals surface area contributed by atoms with Crippen molar-refractivity contribution >= 4 is 47.2 Å². The number of hydrogen-bond acceptors (Lipinski definition) is 20. The Balaban J connectivity index is 0.000000155. The lowest BCUT2D eigenvalue weighted by Crippen LogP contribution is -2.35. The smallest absolute Gasteiger partial charge is 0.436 e. The van der Waals surface area contributed by atoms with Gasteiger partial charge in [0.1, 0.15) is 46.6 Å². The first-order valence-electron chi connectivity index (χ1n) is 31.8. The number of hydrogen-bond donors (Lipinski definition) is 0. The van der Waals surface area contributed by atoms with Crippen LogP contribution in [0, 0.1) is 17.8 Å². The highest BCUT2D eigenvalue weighted by Crippen LogP contribution is 2.62. The van der Waals surface area contributed by atoms with Crippen LogP contribution in [0.1, 0.15) is 139 Å². The van der Waals surface area contributed by atoms with E-state index in [-0.39, 0.29) is 104 Å². The number of carbonyl (C=O) groups excluding carboxylic acids is 3. The van der Waals surface area contributed by atoms with Crippen LogP contribution in [0.25, 0.3) is 0 Å². The summed E-state index contributed by atoms with van der Waals surface area (Å²) >= 11 is 0. The number of benzene rings is 3. The highest BCUT2D eigenvalue weighted by atomic mass is 32.2. The number of likely N-dealkylation sites (tertiary alicyclic amines) is 3. The molecule has 3 aliphatic heterocycles. The molecule has 13 rings (SSSR count). The lowest BCUT2D eigenvalue weighted by molar-refractivity contribution is -0.141. The SMILES string of the molecule is COC1(c2nc(C34CC3CN(C(=O)c3cc(S(C)(=O)=O)ccc3O[C@@H](C)C(C)(F)F)C4)no2)CC1.C[C@@H](Oc1ccc(S(C)(=O)=O)cc1C(=O)N1CC2CC2(c2nc(C(F)(F)F)co2)C1)C(C)(F)F.C[C@H](Oc1ccc(S(C)(=O)=O)cc1C(=O)N1CC2CC2(c2nocc2C(F)(F)F)C1)C(C)(F)F. The number of piperidine rings is 3. The van der Waals surface area contributed by atoms with E-state index < -0.39 is 129 Å². The number of carbonyl (C=O) groups is 3. The van der Waals surface area contributed by atoms with Gasteiger partial charge in [-0.05, 0) is 125 Å². The molecule has 0 spiro atoms. The molecule has 6 unspecified atom stereocenters. The molecule has 6 aromatic rings. The highest BCUT2D eigenvalue weighted by molar-refractivity contribution is 7.91. The molecule has 4 aliphatic carbocycles. The van der Waals surface area contributed by atoms with Gasteiger partial charge < -0.3 is 47.1 Å². The Labute approximate surface area is 581 Å². The summed E-state index contributed by atoms with van der Waals surface area (Å²) in [6, 6.07) is 10.3. The number of oxazole rings is 1. The van der Waals surface area contributed by atoms with Crippen molar-refractivity contribution in [3.8, 4) is 17.2 Å². The van der Waals surface area contributed by atoms with E-state index in [9.17, 15) is 92.3 Å². The molecule has 38 heteroatoms. The number of nitrogens with zero attached hydrogens (tertiary/aromatic N) is 7. The van der Waals surface area contributed by atoms with Crippen LogP contribution < -0.4 is 14.2 Å². The van der Waals surface area contributed by atoms with Gasteiger partial charge in [0.05, 0.1) is 42.2 Å². The van der Waals surface area contributed by atoms with Crippen LogP contribution in [-0.4, -0.2) is 179 Å². The van der Waals surface area contributed by atoms with Gasteiger partial charge in [-0.2, -0.15) is 31.3 Å². The van der Waals surface area contributed by atoms with Gasteiger partial charge in [0.2, 0.25) is 5.89 Å². The fourth-order valence-electron chi connectivity index (χ4n) is 13.0. The van der Waals surface area contributed by atoms with Gasteiger partial charge in [-0.1, -0.05) is 10.3 Å². The zero-order chi connectivity index (χ0) is 75.9. The molecule has 7 fully saturated rings. The van der Waals surface area contributed by atoms with Gasteiger partial charge in [-0.25, -0.2) is 56.6 Å². The molecule has 0 bridgehead atoms. The summed E-state index contributed by atoms with van der Waals surface area (Å²) in [5.74, 6) is -11.7. The number of fused-ring (bicyclic) bond motifs is 3. The lowest BCUT2D eigenvalue weighted by Gasteiger charge is -2.25. The van der Waals surface area contributed by atoms with Gasteiger partial charge >= 0.3 is 12.4 Å². The largest absolute Gasteiger partial charge is 0.484 e. The molecule has 3 saturated heterocycles. The van der Waals surface area contributed by atoms with Crippen molar-refractivity contribution < 1.29 is 125 Å². The highest BCUT2D eigenvalue weighted by Gasteiger charge is 2.68. The quantitative estimate of drug-likeness (QED) is 0.0642. The third-order valence-electron chi connectivity index (χ3n) is 20.1. The van der Waals surface area contributed by atoms with E-state index in [1.807, 2.05) is 0 Å². The van der Waals surface area contributed by atoms with E-state index in [0.29, 0.717) is 64.0 Å². The van der Waals surface area contributed by atoms with Crippen molar-refractivity contribution in [1.29, 1.82) is 0 Å². The van der Waals surface area contributed by atoms with Crippen LogP contribution in [-0.2, 0) is 68.4 Å². The third kappa shape index (κ3) is 15.2. The number of methoxy groups -OCH3 is 1. The zero-order valence-electron chi connectivity index (χ0n) is 56.5. The van der Waals surface area contributed by atoms with Gasteiger partial charge in [0.25, 0.3) is 41.4 Å². The molecule has 3 aromatic heterocycles. The molecule has 7 aliphatic rings. The Morgan fingerprint density at radius 2 is 0.903 bits per heavy atom. The summed E-state index contributed by atoms with van der Waals surface area (Å²) < 4.78 is 270. The van der Waals surface area contributed by atoms with Gasteiger partial charge in [0, 0.05) is 91.3 Å². The zero-order valence-corrected chi connectivity index (χ0v) is 59.0. The summed E-state index contributed by atoms with van der Waals surface area (Å²) in [5, 5.41) is 7.73. The molecular weight excluding hydrogens is 1460 g/mol. The molecule has 4 saturated carbocycles. The van der Waals surface area contributed by atoms with Gasteiger partial charge in [-0.15, -0.1) is 0 Å². The topological polar surface area (TPSA) is 291 Å². The van der Waals surface area contributed by atoms with Crippen LogP contribution in [0.15, 0.2) is 95.3 Å². The van der Waals surface area contributed by atoms with Crippen molar-refractivity contribution in [3.63, 3.8) is 0 Å². The standard InChI is InChI=1S/C23H27F2N3O6S.2C21H21F5N2O5S/c1-13(21(2,24)25)33-17-6-5-15(35(4,30)31)9-16(17)18(29)28-11-14-10-22(14,12-28)19-26-20(34-27-19)23(32-3)7-8-23;1-11(19(2,22)23)33-16-5-4-13(34(3,30)31)6-14(16)18(29)28-8-12-7-20(12,10-28)17-15(9-32-27-17)21(24,25)26;1-11(19(2,22)23)33-15-5-4-13(34(3,30)31)6-14(15)17(29)28-8-12-7-20(12,10-28)18-27-16(9-32-18)21(24,25)26/h5-6,9,13-14H,7-8,10-12H2,1-4H3;2*4-6,9,11-12H,7-8,10H2,1-3H3/t13-,14?,22?;2*11-,12?,20?/m001/s1. The monoisotopic (exact) mass is 1530 g/mol. The third-order valence-corrected chi connectivity index (χ3v) is 23.4. The number of sulfone groups is 3. The Hall–Kier alpha value is -8.00. The second kappa shape index (κ2) is 25.7. The summed E-state index contributed by atoms with van der Waals surface area (Å²) in [6.45, 7) is 6.22. The first-order valence-corrected chi connectivity index (χ1v) is 37.5. The van der Waals surface area contributed by atoms with Gasteiger partial charge in [-0.3, -0.25) is 14.4 Å². The Morgan fingerprint density at radius 3 is 1.27 bits per heavy atom. The lowest BCUT2D eigenvalue weighted by atomic mass is 9.97. The maximum Gasteiger partial charge on any atom is 0.436 e. The Morgan fingerprint density at radius 1 is 0.524 bits per heavy atom. The number of amides is 3. The summed E-state index contributed by atoms with van der Waals surface area (Å²) in [4.78, 5) is 51.9. The number of rotatable bonds is 20. The maximum atomic E-state index is 13.8. The summed E-state index contributed by atoms with van der Waals surface area (Å²) in [6.07, 6.45) is -6.96. The molecule has 0 N–H and O–H groups in total. The van der Waals surface area contributed by atoms with E-state index in [1.165, 1.54) is 34.9 Å². The van der Waals surface area contributed by atoms with Crippen molar-refractivity contribution in [2.24, 2.45) is 17.8 Å². The summed E-state index contributed by atoms with van der Waals surface area (Å²) in [7, 11) is -9.52. The molecular formula is C65H69F12N7O16S3. The van der Waals surface area contributed by atoms with E-state index in [4.69, 9.17) is 27.9 Å². The van der Waals surface area contributed by atoms with Gasteiger partial charge in [0.15, 0.2) is 59.3 Å². The van der Waals surface area contributed by atoms with E-state index >= 15 is 0 Å². The first kappa shape index (κ1) is 76.1. The number of aromatic nitrogens is 4. The number of alkyl halides is 12. The van der Waals surface area contributed by atoms with Crippen molar-refractivity contribution in [2.75, 3.05) is 65.1 Å². The molecule has 3 amide bonds. The molecule has 103 heavy (non-hydrogen) atoms. The van der Waals surface area contributed by atoms with E-state index in [2.05, 4.69) is 24.8 Å². The first-order chi connectivity index (χ1) is 47.3. The fraction of sp³-hybridized carbons (Fsp3) is 0.554. The minimum Gasteiger partial charge on any atom is -0.484 e. The van der Waals surface area contributed by atoms with E-state index in [1.54, 1.807) is 12.0 Å². The molecule has 562 valence electrons. The molecule has 0 radical (unpaired) electrons. The summed E-state index contributed by atoms with van der Waals surface area (Å²) in [5.41, 5.74) is -5.91. The van der Waals surface area contributed by atoms with Crippen LogP contribution in [0.2, 0.25) is 0 Å². The minimum atomic E-state index is -4.68. The number of ether oxygens (including phenoxy) is 4. The normalized spacial score (nSPS) is 24.3. The van der Waals surface area contributed by atoms with Crippen LogP contribution >= 0.6 is 0 Å². The minimum absolute atomic E-state index is 0.0175.